The highest BCUT2D eigenvalue weighted by molar-refractivity contribution is 8.76. The van der Waals surface area contributed by atoms with E-state index in [2.05, 4.69) is 4.90 Å². The van der Waals surface area contributed by atoms with Gasteiger partial charge in [-0.05, 0) is 17.7 Å². The Morgan fingerprint density at radius 2 is 1.81 bits per heavy atom. The van der Waals surface area contributed by atoms with Gasteiger partial charge in [-0.3, -0.25) is 4.90 Å². The number of rotatable bonds is 2. The molecular formula is C11H13Cl2NS2. The van der Waals surface area contributed by atoms with Crippen LogP contribution in [-0.2, 0) is 6.54 Å². The van der Waals surface area contributed by atoms with Gasteiger partial charge in [0.1, 0.15) is 0 Å². The van der Waals surface area contributed by atoms with E-state index in [9.17, 15) is 0 Å². The minimum atomic E-state index is 0.704. The number of benzene rings is 1. The van der Waals surface area contributed by atoms with Crippen molar-refractivity contribution in [3.05, 3.63) is 33.8 Å². The van der Waals surface area contributed by atoms with Gasteiger partial charge < -0.3 is 0 Å². The Kier molecular flexibility index (Phi) is 5.17. The van der Waals surface area contributed by atoms with E-state index in [1.165, 1.54) is 17.1 Å². The van der Waals surface area contributed by atoms with Crippen LogP contribution < -0.4 is 0 Å². The molecule has 0 radical (unpaired) electrons. The molecule has 0 bridgehead atoms. The highest BCUT2D eigenvalue weighted by Gasteiger charge is 2.11. The molecule has 16 heavy (non-hydrogen) atoms. The van der Waals surface area contributed by atoms with Crippen LogP contribution in [0.5, 0.6) is 0 Å². The van der Waals surface area contributed by atoms with Gasteiger partial charge in [0.25, 0.3) is 0 Å². The van der Waals surface area contributed by atoms with Crippen molar-refractivity contribution in [1.82, 2.24) is 4.90 Å². The molecule has 1 aromatic rings. The fourth-order valence-corrected chi connectivity index (χ4v) is 4.14. The summed E-state index contributed by atoms with van der Waals surface area (Å²) in [6.07, 6.45) is 0. The van der Waals surface area contributed by atoms with Crippen molar-refractivity contribution >= 4 is 44.8 Å². The zero-order valence-electron chi connectivity index (χ0n) is 8.79. The summed E-state index contributed by atoms with van der Waals surface area (Å²) in [7, 11) is 3.92. The van der Waals surface area contributed by atoms with Crippen molar-refractivity contribution in [1.29, 1.82) is 0 Å². The van der Waals surface area contributed by atoms with Gasteiger partial charge >= 0.3 is 0 Å². The number of halogens is 2. The van der Waals surface area contributed by atoms with E-state index in [1.54, 1.807) is 0 Å². The second-order valence-corrected chi connectivity index (χ2v) is 7.20. The first kappa shape index (κ1) is 12.9. The molecule has 0 aliphatic carbocycles. The average molecular weight is 294 g/mol. The van der Waals surface area contributed by atoms with Crippen molar-refractivity contribution < 1.29 is 0 Å². The largest absolute Gasteiger partial charge is 0.297 e. The van der Waals surface area contributed by atoms with Crippen LogP contribution in [0.25, 0.3) is 0 Å². The van der Waals surface area contributed by atoms with Crippen LogP contribution in [0.4, 0.5) is 0 Å². The Labute approximate surface area is 114 Å². The third-order valence-corrected chi connectivity index (χ3v) is 5.43. The summed E-state index contributed by atoms with van der Waals surface area (Å²) in [6.45, 7) is 3.20. The first-order valence-corrected chi connectivity index (χ1v) is 8.41. The summed E-state index contributed by atoms with van der Waals surface area (Å²) in [5, 5.41) is 1.48. The minimum Gasteiger partial charge on any atom is -0.297 e. The quantitative estimate of drug-likeness (QED) is 0.753. The monoisotopic (exact) mass is 293 g/mol. The lowest BCUT2D eigenvalue weighted by atomic mass is 10.2. The van der Waals surface area contributed by atoms with Crippen LogP contribution in [0.2, 0.25) is 10.0 Å². The molecule has 5 heteroatoms. The third kappa shape index (κ3) is 3.74. The molecule has 2 rings (SSSR count). The molecule has 0 atom stereocenters. The van der Waals surface area contributed by atoms with E-state index in [-0.39, 0.29) is 0 Å². The van der Waals surface area contributed by atoms with E-state index >= 15 is 0 Å². The van der Waals surface area contributed by atoms with E-state index in [0.29, 0.717) is 5.02 Å². The smallest absolute Gasteiger partial charge is 0.0465 e. The van der Waals surface area contributed by atoms with Gasteiger partial charge in [-0.15, -0.1) is 0 Å². The third-order valence-electron chi connectivity index (χ3n) is 2.47. The molecule has 1 saturated heterocycles. The Balaban J connectivity index is 2.01. The fraction of sp³-hybridized carbons (Fsp3) is 0.455. The predicted molar refractivity (Wildman–Crippen MR) is 76.7 cm³/mol. The van der Waals surface area contributed by atoms with Crippen LogP contribution in [0.3, 0.4) is 0 Å². The molecule has 1 fully saturated rings. The number of hydrogen-bond donors (Lipinski definition) is 0. The van der Waals surface area contributed by atoms with Gasteiger partial charge in [0.15, 0.2) is 0 Å². The second-order valence-electron chi connectivity index (χ2n) is 3.66. The Bertz CT molecular complexity index is 352. The highest BCUT2D eigenvalue weighted by atomic mass is 35.5. The normalized spacial score (nSPS) is 18.4. The van der Waals surface area contributed by atoms with Gasteiger partial charge in [-0.25, -0.2) is 0 Å². The van der Waals surface area contributed by atoms with Crippen molar-refractivity contribution in [2.45, 2.75) is 6.54 Å². The van der Waals surface area contributed by atoms with Crippen LogP contribution in [0.1, 0.15) is 5.56 Å². The van der Waals surface area contributed by atoms with E-state index in [1.807, 2.05) is 39.8 Å². The highest BCUT2D eigenvalue weighted by Crippen LogP contribution is 2.26. The molecule has 0 unspecified atom stereocenters. The van der Waals surface area contributed by atoms with Crippen LogP contribution >= 0.6 is 44.8 Å². The summed E-state index contributed by atoms with van der Waals surface area (Å²) in [5.41, 5.74) is 1.17. The Morgan fingerprint density at radius 3 is 2.44 bits per heavy atom. The molecular weight excluding hydrogens is 281 g/mol. The molecule has 88 valence electrons. The summed E-state index contributed by atoms with van der Waals surface area (Å²) in [4.78, 5) is 2.45. The minimum absolute atomic E-state index is 0.704. The molecule has 0 spiro atoms. The summed E-state index contributed by atoms with van der Waals surface area (Å²) >= 11 is 12.0. The first-order valence-electron chi connectivity index (χ1n) is 5.16. The lowest BCUT2D eigenvalue weighted by Gasteiger charge is -2.19. The van der Waals surface area contributed by atoms with Crippen LogP contribution in [0, 0.1) is 0 Å². The number of hydrogen-bond acceptors (Lipinski definition) is 3. The van der Waals surface area contributed by atoms with Crippen molar-refractivity contribution in [2.75, 3.05) is 24.6 Å². The summed E-state index contributed by atoms with van der Waals surface area (Å²) in [5.74, 6) is 2.38. The standard InChI is InChI=1S/C11H13Cl2NS2/c12-10-2-1-9(11(13)7-10)8-14-3-5-15-16-6-4-14/h1-2,7H,3-6,8H2. The van der Waals surface area contributed by atoms with Gasteiger partial charge in [-0.2, -0.15) is 0 Å². The van der Waals surface area contributed by atoms with Crippen molar-refractivity contribution in [2.24, 2.45) is 0 Å². The fourth-order valence-electron chi connectivity index (χ4n) is 1.61. The van der Waals surface area contributed by atoms with Crippen LogP contribution in [0.15, 0.2) is 18.2 Å². The van der Waals surface area contributed by atoms with Gasteiger partial charge in [-0.1, -0.05) is 50.9 Å². The van der Waals surface area contributed by atoms with Gasteiger partial charge in [0.2, 0.25) is 0 Å². The zero-order valence-corrected chi connectivity index (χ0v) is 11.9. The number of nitrogens with zero attached hydrogens (tertiary/aromatic N) is 1. The van der Waals surface area contributed by atoms with E-state index < -0.39 is 0 Å². The molecule has 1 heterocycles. The molecule has 1 aromatic carbocycles. The molecule has 1 aliphatic rings. The van der Waals surface area contributed by atoms with Gasteiger partial charge in [0, 0.05) is 41.2 Å². The lowest BCUT2D eigenvalue weighted by molar-refractivity contribution is 0.302. The molecule has 0 N–H and O–H groups in total. The van der Waals surface area contributed by atoms with Crippen molar-refractivity contribution in [3.8, 4) is 0 Å². The maximum absolute atomic E-state index is 6.17. The van der Waals surface area contributed by atoms with Gasteiger partial charge in [0.05, 0.1) is 0 Å². The second kappa shape index (κ2) is 6.41. The molecule has 1 aliphatic heterocycles. The zero-order chi connectivity index (χ0) is 11.4. The molecule has 0 saturated carbocycles. The lowest BCUT2D eigenvalue weighted by Crippen LogP contribution is -2.26. The predicted octanol–water partition coefficient (Wildman–Crippen LogP) is 4.19. The Hall–Kier alpha value is 0.460. The topological polar surface area (TPSA) is 3.24 Å². The maximum Gasteiger partial charge on any atom is 0.0465 e. The SMILES string of the molecule is Clc1ccc(CN2CCSSCC2)c(Cl)c1. The summed E-state index contributed by atoms with van der Waals surface area (Å²) < 4.78 is 0. The van der Waals surface area contributed by atoms with Crippen LogP contribution in [-0.4, -0.2) is 29.5 Å². The van der Waals surface area contributed by atoms with Crippen molar-refractivity contribution in [3.63, 3.8) is 0 Å². The average Bonchev–Trinajstić information content (AvgIpc) is 2.51. The molecule has 1 nitrogen and oxygen atoms in total. The maximum atomic E-state index is 6.17. The summed E-state index contributed by atoms with van der Waals surface area (Å²) in [6, 6.07) is 5.75. The molecule has 0 aromatic heterocycles. The van der Waals surface area contributed by atoms with E-state index in [0.717, 1.165) is 24.7 Å². The first-order chi connectivity index (χ1) is 7.75. The Morgan fingerprint density at radius 1 is 1.12 bits per heavy atom. The molecule has 0 amide bonds. The van der Waals surface area contributed by atoms with E-state index in [4.69, 9.17) is 23.2 Å².